The lowest BCUT2D eigenvalue weighted by Crippen LogP contribution is -1.97. The molecule has 0 spiro atoms. The van der Waals surface area contributed by atoms with E-state index in [1.807, 2.05) is 13.1 Å². The van der Waals surface area contributed by atoms with Crippen molar-refractivity contribution in [2.24, 2.45) is 0 Å². The summed E-state index contributed by atoms with van der Waals surface area (Å²) in [7, 11) is 0. The van der Waals surface area contributed by atoms with Crippen LogP contribution < -0.4 is 0 Å². The molecule has 0 N–H and O–H groups in total. The maximum atomic E-state index is 11.8. The lowest BCUT2D eigenvalue weighted by molar-refractivity contribution is 0.0982. The number of aryl methyl sites for hydroxylation is 2. The number of rotatable bonds is 2. The predicted octanol–water partition coefficient (Wildman–Crippen LogP) is 2.81. The Bertz CT molecular complexity index is 445. The van der Waals surface area contributed by atoms with Crippen LogP contribution in [0.25, 0.3) is 0 Å². The van der Waals surface area contributed by atoms with Gasteiger partial charge in [-0.3, -0.25) is 4.79 Å². The Balaban J connectivity index is 2.14. The van der Waals surface area contributed by atoms with E-state index in [9.17, 15) is 4.79 Å². The van der Waals surface area contributed by atoms with Gasteiger partial charge in [0.15, 0.2) is 5.78 Å². The first kappa shape index (κ1) is 11.0. The Kier molecular flexibility index (Phi) is 3.46. The van der Waals surface area contributed by atoms with Crippen LogP contribution in [0.1, 0.15) is 48.5 Å². The molecule has 1 heterocycles. The van der Waals surface area contributed by atoms with E-state index in [2.05, 4.69) is 22.6 Å². The number of aromatic nitrogens is 1. The number of carbonyl (C=O) groups excluding carboxylic acids is 1. The molecule has 0 aromatic carbocycles. The summed E-state index contributed by atoms with van der Waals surface area (Å²) in [6.45, 7) is 2.75. The summed E-state index contributed by atoms with van der Waals surface area (Å²) in [5, 5.41) is 0. The van der Waals surface area contributed by atoms with Gasteiger partial charge in [-0.25, -0.2) is 0 Å². The average Bonchev–Trinajstić information content (AvgIpc) is 2.61. The summed E-state index contributed by atoms with van der Waals surface area (Å²) in [6, 6.07) is 0. The fourth-order valence-corrected chi connectivity index (χ4v) is 2.18. The second kappa shape index (κ2) is 5.03. The van der Waals surface area contributed by atoms with Crippen LogP contribution in [0.2, 0.25) is 0 Å². The number of carbonyl (C=O) groups is 1. The van der Waals surface area contributed by atoms with Crippen molar-refractivity contribution in [2.75, 3.05) is 0 Å². The van der Waals surface area contributed by atoms with E-state index in [-0.39, 0.29) is 0 Å². The first-order chi connectivity index (χ1) is 7.81. The SMILES string of the molecule is CC#CCCn1cc2c(c1)C(=O)CCCC2. The number of ketones is 1. The molecular weight excluding hydrogens is 198 g/mol. The Morgan fingerprint density at radius 2 is 2.12 bits per heavy atom. The van der Waals surface area contributed by atoms with Crippen molar-refractivity contribution in [3.63, 3.8) is 0 Å². The number of Topliss-reactive ketones (excluding diaryl/α,β-unsaturated/α-hetero) is 1. The maximum absolute atomic E-state index is 11.8. The van der Waals surface area contributed by atoms with Crippen LogP contribution in [0.4, 0.5) is 0 Å². The predicted molar refractivity (Wildman–Crippen MR) is 64.4 cm³/mol. The highest BCUT2D eigenvalue weighted by Crippen LogP contribution is 2.21. The number of nitrogens with zero attached hydrogens (tertiary/aromatic N) is 1. The summed E-state index contributed by atoms with van der Waals surface area (Å²) in [6.07, 6.45) is 8.92. The van der Waals surface area contributed by atoms with Gasteiger partial charge in [0.1, 0.15) is 0 Å². The highest BCUT2D eigenvalue weighted by atomic mass is 16.1. The third-order valence-electron chi connectivity index (χ3n) is 3.03. The molecule has 1 aromatic rings. The van der Waals surface area contributed by atoms with Gasteiger partial charge in [0.2, 0.25) is 0 Å². The lowest BCUT2D eigenvalue weighted by Gasteiger charge is -1.98. The molecule has 0 amide bonds. The first-order valence-corrected chi connectivity index (χ1v) is 5.92. The van der Waals surface area contributed by atoms with Gasteiger partial charge < -0.3 is 4.57 Å². The van der Waals surface area contributed by atoms with Crippen molar-refractivity contribution in [2.45, 2.75) is 45.6 Å². The normalized spacial score (nSPS) is 14.9. The van der Waals surface area contributed by atoms with Crippen molar-refractivity contribution < 1.29 is 4.79 Å². The van der Waals surface area contributed by atoms with E-state index in [1.54, 1.807) is 0 Å². The van der Waals surface area contributed by atoms with Gasteiger partial charge in [-0.15, -0.1) is 11.8 Å². The molecule has 84 valence electrons. The molecular formula is C14H17NO. The van der Waals surface area contributed by atoms with Gasteiger partial charge in [0.25, 0.3) is 0 Å². The summed E-state index contributed by atoms with van der Waals surface area (Å²) in [4.78, 5) is 11.8. The van der Waals surface area contributed by atoms with Crippen LogP contribution in [-0.2, 0) is 13.0 Å². The molecule has 0 bridgehead atoms. The lowest BCUT2D eigenvalue weighted by atomic mass is 10.1. The molecule has 1 aromatic heterocycles. The van der Waals surface area contributed by atoms with E-state index in [1.165, 1.54) is 5.56 Å². The van der Waals surface area contributed by atoms with E-state index in [0.717, 1.165) is 37.8 Å². The Morgan fingerprint density at radius 1 is 1.31 bits per heavy atom. The van der Waals surface area contributed by atoms with Crippen LogP contribution in [-0.4, -0.2) is 10.4 Å². The number of fused-ring (bicyclic) bond motifs is 1. The highest BCUT2D eigenvalue weighted by Gasteiger charge is 2.17. The molecule has 0 radical (unpaired) electrons. The largest absolute Gasteiger partial charge is 0.352 e. The molecule has 0 saturated heterocycles. The van der Waals surface area contributed by atoms with E-state index < -0.39 is 0 Å². The highest BCUT2D eigenvalue weighted by molar-refractivity contribution is 5.97. The standard InChI is InChI=1S/C14H17NO/c1-2-3-6-9-15-10-12-7-4-5-8-14(16)13(12)11-15/h10-11H,4-9H2,1H3. The third-order valence-corrected chi connectivity index (χ3v) is 3.03. The molecule has 1 aliphatic rings. The van der Waals surface area contributed by atoms with Crippen LogP contribution in [0.3, 0.4) is 0 Å². The molecule has 0 unspecified atom stereocenters. The summed E-state index contributed by atoms with van der Waals surface area (Å²) in [5.74, 6) is 6.25. The number of hydrogen-bond donors (Lipinski definition) is 0. The quantitative estimate of drug-likeness (QED) is 0.549. The van der Waals surface area contributed by atoms with Gasteiger partial charge in [0.05, 0.1) is 0 Å². The maximum Gasteiger partial charge on any atom is 0.164 e. The molecule has 0 aliphatic heterocycles. The Morgan fingerprint density at radius 3 is 2.94 bits per heavy atom. The summed E-state index contributed by atoms with van der Waals surface area (Å²) in [5.41, 5.74) is 2.17. The van der Waals surface area contributed by atoms with Crippen molar-refractivity contribution >= 4 is 5.78 Å². The van der Waals surface area contributed by atoms with Crippen molar-refractivity contribution in [3.05, 3.63) is 23.5 Å². The summed E-state index contributed by atoms with van der Waals surface area (Å²) >= 11 is 0. The second-order valence-electron chi connectivity index (χ2n) is 4.24. The monoisotopic (exact) mass is 215 g/mol. The van der Waals surface area contributed by atoms with Crippen molar-refractivity contribution in [1.29, 1.82) is 0 Å². The Labute approximate surface area is 96.7 Å². The fourth-order valence-electron chi connectivity index (χ4n) is 2.18. The summed E-state index contributed by atoms with van der Waals surface area (Å²) < 4.78 is 2.11. The van der Waals surface area contributed by atoms with E-state index in [0.29, 0.717) is 12.2 Å². The molecule has 0 atom stereocenters. The van der Waals surface area contributed by atoms with E-state index >= 15 is 0 Å². The van der Waals surface area contributed by atoms with Gasteiger partial charge in [0, 0.05) is 37.3 Å². The molecule has 2 rings (SSSR count). The molecule has 2 nitrogen and oxygen atoms in total. The molecule has 0 saturated carbocycles. The molecule has 1 aliphatic carbocycles. The minimum atomic E-state index is 0.313. The molecule has 2 heteroatoms. The van der Waals surface area contributed by atoms with Gasteiger partial charge in [-0.2, -0.15) is 0 Å². The second-order valence-corrected chi connectivity index (χ2v) is 4.24. The Hall–Kier alpha value is -1.49. The van der Waals surface area contributed by atoms with Crippen LogP contribution in [0.15, 0.2) is 12.4 Å². The van der Waals surface area contributed by atoms with Crippen LogP contribution in [0.5, 0.6) is 0 Å². The van der Waals surface area contributed by atoms with Crippen LogP contribution in [0, 0.1) is 11.8 Å². The molecule has 0 fully saturated rings. The zero-order chi connectivity index (χ0) is 11.4. The van der Waals surface area contributed by atoms with Crippen molar-refractivity contribution in [3.8, 4) is 11.8 Å². The first-order valence-electron chi connectivity index (χ1n) is 5.92. The number of hydrogen-bond acceptors (Lipinski definition) is 1. The average molecular weight is 215 g/mol. The van der Waals surface area contributed by atoms with Gasteiger partial charge in [-0.1, -0.05) is 0 Å². The van der Waals surface area contributed by atoms with E-state index in [4.69, 9.17) is 0 Å². The zero-order valence-corrected chi connectivity index (χ0v) is 9.75. The fraction of sp³-hybridized carbons (Fsp3) is 0.500. The van der Waals surface area contributed by atoms with Crippen molar-refractivity contribution in [1.82, 2.24) is 4.57 Å². The topological polar surface area (TPSA) is 22.0 Å². The van der Waals surface area contributed by atoms with Gasteiger partial charge >= 0.3 is 0 Å². The smallest absolute Gasteiger partial charge is 0.164 e. The third kappa shape index (κ3) is 2.36. The van der Waals surface area contributed by atoms with Gasteiger partial charge in [-0.05, 0) is 31.7 Å². The van der Waals surface area contributed by atoms with Crippen LogP contribution >= 0.6 is 0 Å². The minimum absolute atomic E-state index is 0.313. The molecule has 16 heavy (non-hydrogen) atoms. The minimum Gasteiger partial charge on any atom is -0.352 e. The zero-order valence-electron chi connectivity index (χ0n) is 9.75.